The molecule has 0 saturated heterocycles. The van der Waals surface area contributed by atoms with Gasteiger partial charge in [0.2, 0.25) is 5.91 Å². The van der Waals surface area contributed by atoms with Crippen LogP contribution in [0.15, 0.2) is 30.5 Å². The van der Waals surface area contributed by atoms with E-state index in [1.165, 1.54) is 17.5 Å². The molecule has 2 amide bonds. The number of nitrogens with zero attached hydrogens (tertiary/aromatic N) is 2. The smallest absolute Gasteiger partial charge is 0.261 e. The van der Waals surface area contributed by atoms with E-state index in [9.17, 15) is 9.59 Å². The van der Waals surface area contributed by atoms with E-state index in [-0.39, 0.29) is 17.7 Å². The molecule has 7 nitrogen and oxygen atoms in total. The second-order valence-corrected chi connectivity index (χ2v) is 6.74. The van der Waals surface area contributed by atoms with Crippen LogP contribution in [0.1, 0.15) is 28.1 Å². The SMILES string of the molecule is N#Cc1ccc(NCCNC(=O)c2ccc(NC(=O)C3CC3)s2)nc1. The molecule has 0 aromatic carbocycles. The van der Waals surface area contributed by atoms with Crippen LogP contribution in [0.2, 0.25) is 0 Å². The van der Waals surface area contributed by atoms with Gasteiger partial charge < -0.3 is 16.0 Å². The third-order valence-electron chi connectivity index (χ3n) is 3.63. The van der Waals surface area contributed by atoms with Crippen LogP contribution in [0, 0.1) is 17.2 Å². The van der Waals surface area contributed by atoms with Crippen molar-refractivity contribution in [2.24, 2.45) is 5.92 Å². The van der Waals surface area contributed by atoms with E-state index in [1.807, 2.05) is 6.07 Å². The fourth-order valence-electron chi connectivity index (χ4n) is 2.11. The average molecular weight is 355 g/mol. The van der Waals surface area contributed by atoms with Crippen molar-refractivity contribution in [1.29, 1.82) is 5.26 Å². The van der Waals surface area contributed by atoms with Crippen molar-refractivity contribution >= 4 is 34.0 Å². The molecule has 0 unspecified atom stereocenters. The topological polar surface area (TPSA) is 107 Å². The summed E-state index contributed by atoms with van der Waals surface area (Å²) in [6.45, 7) is 0.948. The van der Waals surface area contributed by atoms with Crippen molar-refractivity contribution < 1.29 is 9.59 Å². The summed E-state index contributed by atoms with van der Waals surface area (Å²) in [6.07, 6.45) is 3.39. The molecule has 3 rings (SSSR count). The van der Waals surface area contributed by atoms with Crippen LogP contribution in [0.3, 0.4) is 0 Å². The molecule has 0 spiro atoms. The highest BCUT2D eigenvalue weighted by Gasteiger charge is 2.29. The molecule has 0 bridgehead atoms. The van der Waals surface area contributed by atoms with Gasteiger partial charge in [-0.1, -0.05) is 0 Å². The summed E-state index contributed by atoms with van der Waals surface area (Å²) < 4.78 is 0. The van der Waals surface area contributed by atoms with E-state index in [0.717, 1.165) is 12.8 Å². The van der Waals surface area contributed by atoms with Crippen molar-refractivity contribution in [1.82, 2.24) is 10.3 Å². The van der Waals surface area contributed by atoms with E-state index in [4.69, 9.17) is 5.26 Å². The molecule has 128 valence electrons. The maximum absolute atomic E-state index is 12.1. The Morgan fingerprint density at radius 1 is 1.24 bits per heavy atom. The number of carbonyl (C=O) groups is 2. The second-order valence-electron chi connectivity index (χ2n) is 5.65. The molecule has 8 heteroatoms. The molecule has 3 N–H and O–H groups in total. The fraction of sp³-hybridized carbons (Fsp3) is 0.294. The lowest BCUT2D eigenvalue weighted by Crippen LogP contribution is -2.28. The maximum Gasteiger partial charge on any atom is 0.261 e. The number of thiophene rings is 1. The lowest BCUT2D eigenvalue weighted by Gasteiger charge is -2.06. The first-order valence-electron chi connectivity index (χ1n) is 7.94. The summed E-state index contributed by atoms with van der Waals surface area (Å²) in [5.74, 6) is 0.648. The molecule has 2 aromatic rings. The van der Waals surface area contributed by atoms with Gasteiger partial charge in [-0.25, -0.2) is 4.98 Å². The first kappa shape index (κ1) is 16.9. The highest BCUT2D eigenvalue weighted by Crippen LogP contribution is 2.31. The van der Waals surface area contributed by atoms with Crippen molar-refractivity contribution in [2.45, 2.75) is 12.8 Å². The lowest BCUT2D eigenvalue weighted by molar-refractivity contribution is -0.117. The number of carbonyl (C=O) groups excluding carboxylic acids is 2. The monoisotopic (exact) mass is 355 g/mol. The molecule has 0 radical (unpaired) electrons. The van der Waals surface area contributed by atoms with Crippen LogP contribution >= 0.6 is 11.3 Å². The molecule has 1 aliphatic rings. The number of pyridine rings is 1. The highest BCUT2D eigenvalue weighted by atomic mass is 32.1. The minimum Gasteiger partial charge on any atom is -0.368 e. The Bertz CT molecular complexity index is 805. The van der Waals surface area contributed by atoms with Gasteiger partial charge >= 0.3 is 0 Å². The molecule has 0 atom stereocenters. The first-order valence-corrected chi connectivity index (χ1v) is 8.76. The van der Waals surface area contributed by atoms with Gasteiger partial charge in [0.15, 0.2) is 0 Å². The van der Waals surface area contributed by atoms with Crippen LogP contribution in [0.25, 0.3) is 0 Å². The standard InChI is InChI=1S/C17H17N5O2S/c18-9-11-1-5-14(21-10-11)19-7-8-20-17(24)13-4-6-15(25-13)22-16(23)12-2-3-12/h1,4-6,10,12H,2-3,7-8H2,(H,19,21)(H,20,24)(H,22,23). The molecule has 25 heavy (non-hydrogen) atoms. The zero-order valence-electron chi connectivity index (χ0n) is 13.4. The molecule has 2 heterocycles. The van der Waals surface area contributed by atoms with Gasteiger partial charge in [0, 0.05) is 25.2 Å². The average Bonchev–Trinajstić information content (AvgIpc) is 3.39. The number of amides is 2. The molecule has 1 saturated carbocycles. The summed E-state index contributed by atoms with van der Waals surface area (Å²) in [4.78, 5) is 28.4. The lowest BCUT2D eigenvalue weighted by atomic mass is 10.3. The largest absolute Gasteiger partial charge is 0.368 e. The second kappa shape index (κ2) is 7.77. The summed E-state index contributed by atoms with van der Waals surface area (Å²) in [7, 11) is 0. The van der Waals surface area contributed by atoms with Crippen molar-refractivity contribution in [3.05, 3.63) is 40.9 Å². The van der Waals surface area contributed by atoms with Crippen molar-refractivity contribution in [3.63, 3.8) is 0 Å². The minimum absolute atomic E-state index is 0.0351. The predicted octanol–water partition coefficient (Wildman–Crippen LogP) is 2.21. The zero-order chi connectivity index (χ0) is 17.6. The van der Waals surface area contributed by atoms with Crippen LogP contribution in [-0.2, 0) is 4.79 Å². The Hall–Kier alpha value is -2.92. The summed E-state index contributed by atoms with van der Waals surface area (Å²) in [6, 6.07) is 8.86. The van der Waals surface area contributed by atoms with Gasteiger partial charge in [0.1, 0.15) is 11.9 Å². The van der Waals surface area contributed by atoms with Gasteiger partial charge in [0.25, 0.3) is 5.91 Å². The quantitative estimate of drug-likeness (QED) is 0.660. The summed E-state index contributed by atoms with van der Waals surface area (Å²) in [5, 5.41) is 18.1. The molecule has 1 aliphatic carbocycles. The van der Waals surface area contributed by atoms with Crippen molar-refractivity contribution in [3.8, 4) is 6.07 Å². The third-order valence-corrected chi connectivity index (χ3v) is 4.63. The fourth-order valence-corrected chi connectivity index (χ4v) is 2.94. The number of nitriles is 1. The number of anilines is 2. The summed E-state index contributed by atoms with van der Waals surface area (Å²) in [5.41, 5.74) is 0.501. The predicted molar refractivity (Wildman–Crippen MR) is 95.4 cm³/mol. The Labute approximate surface area is 149 Å². The van der Waals surface area contributed by atoms with Gasteiger partial charge in [-0.15, -0.1) is 11.3 Å². The number of hydrogen-bond acceptors (Lipinski definition) is 6. The Kier molecular flexibility index (Phi) is 5.26. The molecule has 1 fully saturated rings. The first-order chi connectivity index (χ1) is 12.2. The number of nitrogens with one attached hydrogen (secondary N) is 3. The molecule has 0 aliphatic heterocycles. The number of rotatable bonds is 7. The maximum atomic E-state index is 12.1. The van der Waals surface area contributed by atoms with Crippen LogP contribution < -0.4 is 16.0 Å². The van der Waals surface area contributed by atoms with E-state index >= 15 is 0 Å². The normalized spacial score (nSPS) is 12.9. The van der Waals surface area contributed by atoms with E-state index in [2.05, 4.69) is 20.9 Å². The van der Waals surface area contributed by atoms with E-state index < -0.39 is 0 Å². The third kappa shape index (κ3) is 4.78. The Balaban J connectivity index is 1.40. The Morgan fingerprint density at radius 2 is 2.08 bits per heavy atom. The summed E-state index contributed by atoms with van der Waals surface area (Å²) >= 11 is 1.27. The van der Waals surface area contributed by atoms with E-state index in [0.29, 0.717) is 34.3 Å². The van der Waals surface area contributed by atoms with Gasteiger partial charge in [-0.2, -0.15) is 5.26 Å². The highest BCUT2D eigenvalue weighted by molar-refractivity contribution is 7.18. The molecule has 2 aromatic heterocycles. The molecular formula is C17H17N5O2S. The van der Waals surface area contributed by atoms with Gasteiger partial charge in [0.05, 0.1) is 15.4 Å². The van der Waals surface area contributed by atoms with Crippen LogP contribution in [0.5, 0.6) is 0 Å². The Morgan fingerprint density at radius 3 is 2.76 bits per heavy atom. The number of hydrogen-bond donors (Lipinski definition) is 3. The zero-order valence-corrected chi connectivity index (χ0v) is 14.2. The van der Waals surface area contributed by atoms with Gasteiger partial charge in [-0.05, 0) is 37.1 Å². The van der Waals surface area contributed by atoms with E-state index in [1.54, 1.807) is 24.3 Å². The molecular weight excluding hydrogens is 338 g/mol. The van der Waals surface area contributed by atoms with Crippen molar-refractivity contribution in [2.75, 3.05) is 23.7 Å². The van der Waals surface area contributed by atoms with Gasteiger partial charge in [-0.3, -0.25) is 9.59 Å². The number of aromatic nitrogens is 1. The minimum atomic E-state index is -0.175. The van der Waals surface area contributed by atoms with Crippen LogP contribution in [0.4, 0.5) is 10.8 Å². The van der Waals surface area contributed by atoms with Crippen LogP contribution in [-0.4, -0.2) is 29.9 Å².